The molecule has 1 aliphatic rings. The van der Waals surface area contributed by atoms with Gasteiger partial charge in [0, 0.05) is 24.3 Å². The molecule has 0 aliphatic carbocycles. The van der Waals surface area contributed by atoms with Gasteiger partial charge >= 0.3 is 0 Å². The van der Waals surface area contributed by atoms with E-state index in [1.54, 1.807) is 4.31 Å². The highest BCUT2D eigenvalue weighted by Crippen LogP contribution is 2.29. The normalized spacial score (nSPS) is 16.2. The summed E-state index contributed by atoms with van der Waals surface area (Å²) in [6.07, 6.45) is 3.07. The second kappa shape index (κ2) is 5.98. The van der Waals surface area contributed by atoms with E-state index in [4.69, 9.17) is 0 Å². The highest BCUT2D eigenvalue weighted by molar-refractivity contribution is 7.91. The molecule has 0 spiro atoms. The number of fused-ring (bicyclic) bond motifs is 3. The third-order valence-electron chi connectivity index (χ3n) is 4.45. The summed E-state index contributed by atoms with van der Waals surface area (Å²) in [5.74, 6) is 0. The molecule has 7 heteroatoms. The van der Waals surface area contributed by atoms with E-state index in [2.05, 4.69) is 27.8 Å². The minimum absolute atomic E-state index is 0.351. The van der Waals surface area contributed by atoms with Crippen LogP contribution < -0.4 is 0 Å². The van der Waals surface area contributed by atoms with Crippen molar-refractivity contribution in [3.63, 3.8) is 0 Å². The lowest BCUT2D eigenvalue weighted by atomic mass is 10.2. The van der Waals surface area contributed by atoms with E-state index in [0.29, 0.717) is 17.3 Å². The van der Waals surface area contributed by atoms with Crippen LogP contribution in [0.2, 0.25) is 0 Å². The van der Waals surface area contributed by atoms with E-state index in [9.17, 15) is 8.42 Å². The molecular weight excluding hydrogens is 342 g/mol. The molecule has 4 rings (SSSR count). The number of hydrogen-bond acceptors (Lipinski definition) is 4. The minimum atomic E-state index is -3.48. The molecule has 3 heterocycles. The summed E-state index contributed by atoms with van der Waals surface area (Å²) in [4.78, 5) is 4.21. The van der Waals surface area contributed by atoms with E-state index in [1.807, 2.05) is 19.1 Å². The van der Waals surface area contributed by atoms with Crippen LogP contribution in [0.3, 0.4) is 0 Å². The lowest BCUT2D eigenvalue weighted by Gasteiger charge is -2.18. The molecule has 126 valence electrons. The van der Waals surface area contributed by atoms with Crippen molar-refractivity contribution in [1.82, 2.24) is 13.9 Å². The fourth-order valence-electron chi connectivity index (χ4n) is 3.24. The third kappa shape index (κ3) is 2.56. The predicted octanol–water partition coefficient (Wildman–Crippen LogP) is 3.25. The molecule has 0 unspecified atom stereocenters. The second-order valence-corrected chi connectivity index (χ2v) is 9.24. The zero-order chi connectivity index (χ0) is 16.7. The summed E-state index contributed by atoms with van der Waals surface area (Å²) in [5.41, 5.74) is 2.23. The van der Waals surface area contributed by atoms with Gasteiger partial charge in [-0.05, 0) is 30.4 Å². The van der Waals surface area contributed by atoms with Crippen molar-refractivity contribution in [2.24, 2.45) is 0 Å². The third-order valence-corrected chi connectivity index (χ3v) is 7.88. The maximum atomic E-state index is 13.0. The van der Waals surface area contributed by atoms with Crippen LogP contribution in [0.4, 0.5) is 0 Å². The largest absolute Gasteiger partial charge is 0.343 e. The first-order valence-corrected chi connectivity index (χ1v) is 10.4. The Balaban J connectivity index is 1.72. The molecule has 0 radical (unpaired) electrons. The van der Waals surface area contributed by atoms with Crippen LogP contribution >= 0.6 is 11.3 Å². The van der Waals surface area contributed by atoms with Crippen LogP contribution in [0.15, 0.2) is 40.7 Å². The monoisotopic (exact) mass is 361 g/mol. The Morgan fingerprint density at radius 1 is 1.25 bits per heavy atom. The van der Waals surface area contributed by atoms with Gasteiger partial charge in [-0.3, -0.25) is 0 Å². The van der Waals surface area contributed by atoms with Gasteiger partial charge in [0.2, 0.25) is 0 Å². The molecule has 0 fully saturated rings. The molecule has 1 aromatic carbocycles. The number of aryl methyl sites for hydroxylation is 2. The molecule has 5 nitrogen and oxygen atoms in total. The maximum Gasteiger partial charge on any atom is 0.254 e. The molecular formula is C17H19N3O2S2. The number of thiazole rings is 1. The summed E-state index contributed by atoms with van der Waals surface area (Å²) in [6, 6.07) is 10.3. The van der Waals surface area contributed by atoms with Gasteiger partial charge in [-0.25, -0.2) is 13.4 Å². The van der Waals surface area contributed by atoms with E-state index < -0.39 is 10.0 Å². The molecule has 0 saturated carbocycles. The van der Waals surface area contributed by atoms with Gasteiger partial charge in [0.25, 0.3) is 10.0 Å². The van der Waals surface area contributed by atoms with Gasteiger partial charge < -0.3 is 4.57 Å². The first-order chi connectivity index (χ1) is 11.6. The van der Waals surface area contributed by atoms with Gasteiger partial charge in [0.1, 0.15) is 0 Å². The van der Waals surface area contributed by atoms with E-state index in [-0.39, 0.29) is 0 Å². The van der Waals surface area contributed by atoms with Crippen LogP contribution in [0, 0.1) is 0 Å². The second-order valence-electron chi connectivity index (χ2n) is 5.96. The van der Waals surface area contributed by atoms with Gasteiger partial charge in [0.05, 0.1) is 17.7 Å². The number of benzene rings is 1. The number of para-hydroxylation sites is 1. The van der Waals surface area contributed by atoms with Gasteiger partial charge in [-0.15, -0.1) is 11.3 Å². The first kappa shape index (κ1) is 15.8. The first-order valence-electron chi connectivity index (χ1n) is 8.11. The van der Waals surface area contributed by atoms with Gasteiger partial charge in [0.15, 0.2) is 4.21 Å². The van der Waals surface area contributed by atoms with E-state index in [0.717, 1.165) is 35.5 Å². The zero-order valence-electron chi connectivity index (χ0n) is 13.5. The van der Waals surface area contributed by atoms with Crippen LogP contribution in [0.5, 0.6) is 0 Å². The highest BCUT2D eigenvalue weighted by Gasteiger charge is 2.29. The molecule has 2 aromatic heterocycles. The Hall–Kier alpha value is -1.70. The summed E-state index contributed by atoms with van der Waals surface area (Å²) in [6.45, 7) is 3.78. The molecule has 1 aliphatic heterocycles. The summed E-state index contributed by atoms with van der Waals surface area (Å²) in [7, 11) is -3.48. The molecule has 0 saturated heterocycles. The van der Waals surface area contributed by atoms with Crippen molar-refractivity contribution < 1.29 is 8.42 Å². The quantitative estimate of drug-likeness (QED) is 0.719. The Labute approximate surface area is 145 Å². The van der Waals surface area contributed by atoms with Gasteiger partial charge in [-0.2, -0.15) is 4.31 Å². The number of sulfonamides is 1. The molecule has 0 atom stereocenters. The fourth-order valence-corrected chi connectivity index (χ4v) is 5.96. The topological polar surface area (TPSA) is 55.2 Å². The molecule has 0 amide bonds. The smallest absolute Gasteiger partial charge is 0.254 e. The lowest BCUT2D eigenvalue weighted by Crippen LogP contribution is -2.30. The summed E-state index contributed by atoms with van der Waals surface area (Å²) >= 11 is 1.28. The molecule has 0 N–H and O–H groups in total. The van der Waals surface area contributed by atoms with E-state index >= 15 is 0 Å². The van der Waals surface area contributed by atoms with Gasteiger partial charge in [-0.1, -0.05) is 25.1 Å². The van der Waals surface area contributed by atoms with Crippen molar-refractivity contribution in [2.75, 3.05) is 6.54 Å². The number of aromatic nitrogens is 2. The lowest BCUT2D eigenvalue weighted by molar-refractivity contribution is 0.411. The Morgan fingerprint density at radius 3 is 2.88 bits per heavy atom. The SMILES string of the molecule is CCc1ncc(S(=O)(=O)N2CCCn3c(cc4ccccc43)C2)s1. The zero-order valence-corrected chi connectivity index (χ0v) is 15.1. The molecule has 0 bridgehead atoms. The van der Waals surface area contributed by atoms with Crippen molar-refractivity contribution in [2.45, 2.75) is 37.1 Å². The summed E-state index contributed by atoms with van der Waals surface area (Å²) in [5, 5.41) is 2.02. The average Bonchev–Trinajstić information content (AvgIpc) is 3.14. The predicted molar refractivity (Wildman–Crippen MR) is 95.6 cm³/mol. The fraction of sp³-hybridized carbons (Fsp3) is 0.353. The average molecular weight is 361 g/mol. The number of hydrogen-bond donors (Lipinski definition) is 0. The van der Waals surface area contributed by atoms with Crippen LogP contribution in [-0.2, 0) is 29.5 Å². The van der Waals surface area contributed by atoms with Crippen LogP contribution in [0.25, 0.3) is 10.9 Å². The van der Waals surface area contributed by atoms with Crippen LogP contribution in [0.1, 0.15) is 24.0 Å². The number of rotatable bonds is 3. The van der Waals surface area contributed by atoms with Crippen LogP contribution in [-0.4, -0.2) is 28.8 Å². The standard InChI is InChI=1S/C17H19N3O2S2/c1-2-16-18-11-17(23-16)24(21,22)19-8-5-9-20-14(12-19)10-13-6-3-4-7-15(13)20/h3-4,6-7,10-11H,2,5,8-9,12H2,1H3. The van der Waals surface area contributed by atoms with E-state index in [1.165, 1.54) is 23.1 Å². The van der Waals surface area contributed by atoms with Crippen molar-refractivity contribution >= 4 is 32.3 Å². The Kier molecular flexibility index (Phi) is 3.94. The number of nitrogens with zero attached hydrogens (tertiary/aromatic N) is 3. The minimum Gasteiger partial charge on any atom is -0.343 e. The van der Waals surface area contributed by atoms with Crippen molar-refractivity contribution in [3.8, 4) is 0 Å². The maximum absolute atomic E-state index is 13.0. The molecule has 24 heavy (non-hydrogen) atoms. The summed E-state index contributed by atoms with van der Waals surface area (Å²) < 4.78 is 30.2. The Bertz CT molecular complexity index is 988. The van der Waals surface area contributed by atoms with Crippen molar-refractivity contribution in [3.05, 3.63) is 47.2 Å². The van der Waals surface area contributed by atoms with Crippen molar-refractivity contribution in [1.29, 1.82) is 0 Å². The Morgan fingerprint density at radius 2 is 2.08 bits per heavy atom. The molecule has 3 aromatic rings. The highest BCUT2D eigenvalue weighted by atomic mass is 32.2.